The van der Waals surface area contributed by atoms with Crippen molar-refractivity contribution >= 4 is 70.6 Å². The smallest absolute Gasteiger partial charge is 1.00 e. The maximum absolute atomic E-state index is 12.3. The van der Waals surface area contributed by atoms with Crippen molar-refractivity contribution in [2.24, 2.45) is 48.6 Å². The number of halogens is 6. The van der Waals surface area contributed by atoms with E-state index in [4.69, 9.17) is 0 Å². The molecule has 2 saturated carbocycles. The Morgan fingerprint density at radius 1 is 0.952 bits per heavy atom. The Morgan fingerprint density at radius 3 is 1.90 bits per heavy atom. The summed E-state index contributed by atoms with van der Waals surface area (Å²) in [5, 5.41) is 0. The fourth-order valence-electron chi connectivity index (χ4n) is 6.38. The fourth-order valence-corrected chi connectivity index (χ4v) is 8.66. The summed E-state index contributed by atoms with van der Waals surface area (Å²) < 4.78 is 69.3. The largest absolute Gasteiger partial charge is 2.00 e. The number of aryl methyl sites for hydroxylation is 2. The molecule has 42 heavy (non-hydrogen) atoms. The van der Waals surface area contributed by atoms with Gasteiger partial charge in [0.25, 0.3) is 0 Å². The van der Waals surface area contributed by atoms with Crippen LogP contribution in [0.2, 0.25) is 0 Å². The summed E-state index contributed by atoms with van der Waals surface area (Å²) >= 11 is 6.92. The molecule has 4 atom stereocenters. The van der Waals surface area contributed by atoms with Crippen molar-refractivity contribution in [2.75, 3.05) is 0 Å². The third-order valence-corrected chi connectivity index (χ3v) is 11.8. The predicted molar refractivity (Wildman–Crippen MR) is 163 cm³/mol. The number of nitrogens with zero attached hydrogens (tertiary/aromatic N) is 2. The topological polar surface area (TPSA) is 53.2 Å². The maximum atomic E-state index is 12.3. The fraction of sp³-hybridized carbons (Fsp3) is 0.586. The molecule has 6 aliphatic rings. The van der Waals surface area contributed by atoms with Crippen LogP contribution in [0.4, 0.5) is 13.2 Å². The first-order valence-corrected chi connectivity index (χ1v) is 16.3. The van der Waals surface area contributed by atoms with Gasteiger partial charge in [0.05, 0.1) is 0 Å². The molecule has 5 nitrogen and oxygen atoms in total. The van der Waals surface area contributed by atoms with Crippen LogP contribution in [0.1, 0.15) is 59.1 Å². The van der Waals surface area contributed by atoms with Gasteiger partial charge in [0.2, 0.25) is 0 Å². The molecule has 6 aliphatic carbocycles. The van der Waals surface area contributed by atoms with Gasteiger partial charge < -0.3 is 30.3 Å². The summed E-state index contributed by atoms with van der Waals surface area (Å²) in [6.07, 6.45) is 10.8. The van der Waals surface area contributed by atoms with Crippen LogP contribution in [0.3, 0.4) is 0 Å². The average molecular weight is 814 g/mol. The summed E-state index contributed by atoms with van der Waals surface area (Å²) in [5.74, 6) is 1.63. The van der Waals surface area contributed by atoms with Gasteiger partial charge >= 0.3 is 38.7 Å². The standard InChI is InChI=1S/C14H18BrN.C10H12BrF3O3S.C5H6N.BrH.Mg/c1-14(2)9-7-10(14)13(11(15)8-9)12-5-4-6-16(12)3;1-9(2)5-3-6(9)8(7(11)4-5)17-18(15,16)10(12,13)14;1-6-4-2-3-5-6;;/h4-6,9-10H,7-8H2,1-3H3;5-6H,3-4H2,1-2H3;2-4H,1H3;1H;/q;;-1;;+2/p-1. The van der Waals surface area contributed by atoms with Gasteiger partial charge in [0.1, 0.15) is 5.76 Å². The van der Waals surface area contributed by atoms with Crippen LogP contribution >= 0.6 is 31.9 Å². The van der Waals surface area contributed by atoms with Crippen molar-refractivity contribution in [1.29, 1.82) is 0 Å². The van der Waals surface area contributed by atoms with E-state index in [0.717, 1.165) is 11.8 Å². The SMILES string of the molecule is CC1(C)C2CC(Br)=C(OS(=O)(=O)C(F)(F)F)C1C2.Cn1[c-]ccc1.Cn1cccc1C1=C(Br)CC2CC1C2(C)C.[Br-].[Mg+2]. The van der Waals surface area contributed by atoms with E-state index in [-0.39, 0.29) is 57.1 Å². The zero-order chi connectivity index (χ0) is 29.8. The molecule has 8 rings (SSSR count). The van der Waals surface area contributed by atoms with Gasteiger partial charge in [-0.1, -0.05) is 59.6 Å². The minimum atomic E-state index is -5.58. The van der Waals surface area contributed by atoms with Crippen LogP contribution in [0.15, 0.2) is 51.4 Å². The molecule has 0 saturated heterocycles. The van der Waals surface area contributed by atoms with Crippen molar-refractivity contribution in [3.05, 3.63) is 63.3 Å². The van der Waals surface area contributed by atoms with Gasteiger partial charge in [0, 0.05) is 33.8 Å². The van der Waals surface area contributed by atoms with Crippen molar-refractivity contribution in [1.82, 2.24) is 9.13 Å². The number of rotatable bonds is 3. The Morgan fingerprint density at radius 2 is 1.50 bits per heavy atom. The molecule has 2 heterocycles. The second-order valence-electron chi connectivity index (χ2n) is 12.3. The van der Waals surface area contributed by atoms with Crippen molar-refractivity contribution in [2.45, 2.75) is 58.9 Å². The molecule has 2 aromatic rings. The van der Waals surface area contributed by atoms with Crippen LogP contribution < -0.4 is 17.0 Å². The molecule has 0 N–H and O–H groups in total. The zero-order valence-electron chi connectivity index (χ0n) is 24.6. The number of aromatic nitrogens is 2. The number of fused-ring (bicyclic) bond motifs is 2. The molecule has 230 valence electrons. The molecule has 2 aromatic heterocycles. The number of hydrogen-bond acceptors (Lipinski definition) is 3. The molecule has 0 amide bonds. The van der Waals surface area contributed by atoms with Crippen molar-refractivity contribution in [3.8, 4) is 0 Å². The van der Waals surface area contributed by atoms with E-state index in [9.17, 15) is 21.6 Å². The Bertz CT molecular complexity index is 1420. The molecule has 0 aliphatic heterocycles. The molecule has 13 heteroatoms. The van der Waals surface area contributed by atoms with Crippen LogP contribution in [0, 0.1) is 40.7 Å². The Kier molecular flexibility index (Phi) is 12.3. The van der Waals surface area contributed by atoms with Crippen molar-refractivity contribution < 1.29 is 42.8 Å². The number of hydrogen-bond donors (Lipinski definition) is 0. The van der Waals surface area contributed by atoms with Gasteiger partial charge in [-0.15, -0.1) is 12.4 Å². The first kappa shape index (κ1) is 38.0. The molecule has 4 bridgehead atoms. The predicted octanol–water partition coefficient (Wildman–Crippen LogP) is 5.17. The van der Waals surface area contributed by atoms with Gasteiger partial charge in [-0.05, 0) is 79.0 Å². The quantitative estimate of drug-likeness (QED) is 0.186. The second-order valence-corrected chi connectivity index (χ2v) is 15.8. The molecule has 2 fully saturated rings. The second kappa shape index (κ2) is 13.6. The van der Waals surface area contributed by atoms with Crippen LogP contribution in [0.5, 0.6) is 0 Å². The van der Waals surface area contributed by atoms with Crippen LogP contribution in [-0.4, -0.2) is 46.1 Å². The summed E-state index contributed by atoms with van der Waals surface area (Å²) in [4.78, 5) is 0. The third-order valence-electron chi connectivity index (χ3n) is 9.40. The van der Waals surface area contributed by atoms with E-state index >= 15 is 0 Å². The zero-order valence-corrected chi connectivity index (χ0v) is 31.6. The van der Waals surface area contributed by atoms with Gasteiger partial charge in [-0.25, -0.2) is 0 Å². The first-order chi connectivity index (χ1) is 18.4. The van der Waals surface area contributed by atoms with E-state index < -0.39 is 15.6 Å². The maximum Gasteiger partial charge on any atom is 2.00 e. The molecule has 0 spiro atoms. The molecular formula is C29H36Br3F3MgN2O3S. The Balaban J connectivity index is 0.000000237. The molecule has 0 aromatic carbocycles. The minimum Gasteiger partial charge on any atom is -1.00 e. The normalized spacial score (nSPS) is 26.5. The van der Waals surface area contributed by atoms with Gasteiger partial charge in [0.15, 0.2) is 0 Å². The Labute approximate surface area is 291 Å². The number of alkyl halides is 3. The Hall–Kier alpha value is -0.214. The van der Waals surface area contributed by atoms with E-state index in [1.807, 2.05) is 43.8 Å². The van der Waals surface area contributed by atoms with E-state index in [2.05, 4.69) is 86.0 Å². The summed E-state index contributed by atoms with van der Waals surface area (Å²) in [6, 6.07) is 8.20. The van der Waals surface area contributed by atoms with Gasteiger partial charge in [-0.3, -0.25) is 0 Å². The number of allylic oxidation sites excluding steroid dienone is 4. The minimum absolute atomic E-state index is 0. The molecular weight excluding hydrogens is 777 g/mol. The van der Waals surface area contributed by atoms with Gasteiger partial charge in [-0.2, -0.15) is 33.7 Å². The summed E-state index contributed by atoms with van der Waals surface area (Å²) in [7, 11) is -1.49. The first-order valence-electron chi connectivity index (χ1n) is 13.3. The van der Waals surface area contributed by atoms with Crippen molar-refractivity contribution in [3.63, 3.8) is 0 Å². The summed E-state index contributed by atoms with van der Waals surface area (Å²) in [5.41, 5.74) is -2.16. The average Bonchev–Trinajstić information content (AvgIpc) is 3.50. The van der Waals surface area contributed by atoms with Crippen LogP contribution in [0.25, 0.3) is 5.57 Å². The molecule has 4 unspecified atom stereocenters. The third kappa shape index (κ3) is 7.26. The monoisotopic (exact) mass is 810 g/mol. The van der Waals surface area contributed by atoms with E-state index in [0.29, 0.717) is 28.7 Å². The van der Waals surface area contributed by atoms with Crippen LogP contribution in [-0.2, 0) is 28.4 Å². The van der Waals surface area contributed by atoms with E-state index in [1.165, 1.54) is 23.0 Å². The van der Waals surface area contributed by atoms with E-state index in [1.54, 1.807) is 5.57 Å². The molecule has 0 radical (unpaired) electrons. The summed E-state index contributed by atoms with van der Waals surface area (Å²) in [6.45, 7) is 8.67.